The summed E-state index contributed by atoms with van der Waals surface area (Å²) in [5.74, 6) is 0.257. The molecule has 0 heterocycles. The Morgan fingerprint density at radius 2 is 1.75 bits per heavy atom. The molecular formula is C12H8BrClOS. The third kappa shape index (κ3) is 2.94. The standard InChI is InChI=1S/C12H8BrClOS/c13-11-7-9(15)3-6-12(11)16-10-4-1-8(14)2-5-10/h1-7,15H. The largest absolute Gasteiger partial charge is 0.508 e. The van der Waals surface area contributed by atoms with Gasteiger partial charge in [0.15, 0.2) is 0 Å². The Kier molecular flexibility index (Phi) is 3.79. The lowest BCUT2D eigenvalue weighted by Crippen LogP contribution is -1.76. The van der Waals surface area contributed by atoms with Gasteiger partial charge in [-0.3, -0.25) is 0 Å². The van der Waals surface area contributed by atoms with Gasteiger partial charge in [-0.15, -0.1) is 0 Å². The van der Waals surface area contributed by atoms with E-state index in [1.165, 1.54) is 0 Å². The monoisotopic (exact) mass is 314 g/mol. The molecule has 0 spiro atoms. The second-order valence-corrected chi connectivity index (χ2v) is 5.58. The minimum atomic E-state index is 0.257. The summed E-state index contributed by atoms with van der Waals surface area (Å²) in [5.41, 5.74) is 0. The minimum Gasteiger partial charge on any atom is -0.508 e. The fourth-order valence-electron chi connectivity index (χ4n) is 1.20. The number of phenolic OH excluding ortho intramolecular Hbond substituents is 1. The van der Waals surface area contributed by atoms with E-state index in [2.05, 4.69) is 15.9 Å². The summed E-state index contributed by atoms with van der Waals surface area (Å²) >= 11 is 10.8. The molecule has 2 aromatic carbocycles. The highest BCUT2D eigenvalue weighted by atomic mass is 79.9. The van der Waals surface area contributed by atoms with Crippen LogP contribution in [-0.2, 0) is 0 Å². The van der Waals surface area contributed by atoms with E-state index in [0.29, 0.717) is 0 Å². The van der Waals surface area contributed by atoms with Crippen molar-refractivity contribution in [2.75, 3.05) is 0 Å². The molecule has 0 unspecified atom stereocenters. The summed E-state index contributed by atoms with van der Waals surface area (Å²) in [7, 11) is 0. The van der Waals surface area contributed by atoms with Crippen LogP contribution in [0.15, 0.2) is 56.7 Å². The van der Waals surface area contributed by atoms with Crippen LogP contribution in [-0.4, -0.2) is 5.11 Å². The van der Waals surface area contributed by atoms with Crippen molar-refractivity contribution in [3.63, 3.8) is 0 Å². The normalized spacial score (nSPS) is 10.4. The number of halogens is 2. The minimum absolute atomic E-state index is 0.257. The van der Waals surface area contributed by atoms with Crippen LogP contribution < -0.4 is 0 Å². The summed E-state index contributed by atoms with van der Waals surface area (Å²) in [4.78, 5) is 2.16. The number of aromatic hydroxyl groups is 1. The van der Waals surface area contributed by atoms with Crippen LogP contribution in [0.1, 0.15) is 0 Å². The van der Waals surface area contributed by atoms with Crippen molar-refractivity contribution in [3.05, 3.63) is 52.0 Å². The van der Waals surface area contributed by atoms with E-state index in [1.54, 1.807) is 23.9 Å². The van der Waals surface area contributed by atoms with Crippen LogP contribution in [0.2, 0.25) is 5.02 Å². The highest BCUT2D eigenvalue weighted by Gasteiger charge is 2.03. The number of benzene rings is 2. The molecule has 0 atom stereocenters. The van der Waals surface area contributed by atoms with Gasteiger partial charge in [0.05, 0.1) is 0 Å². The molecule has 0 aliphatic carbocycles. The zero-order valence-corrected chi connectivity index (χ0v) is 11.3. The summed E-state index contributed by atoms with van der Waals surface area (Å²) < 4.78 is 0.882. The Balaban J connectivity index is 2.23. The maximum atomic E-state index is 9.28. The lowest BCUT2D eigenvalue weighted by atomic mass is 10.3. The molecule has 2 aromatic rings. The average Bonchev–Trinajstić information content (AvgIpc) is 2.25. The molecule has 1 nitrogen and oxygen atoms in total. The quantitative estimate of drug-likeness (QED) is 0.845. The molecule has 2 rings (SSSR count). The van der Waals surface area contributed by atoms with E-state index in [0.717, 1.165) is 19.3 Å². The van der Waals surface area contributed by atoms with Crippen LogP contribution in [0.3, 0.4) is 0 Å². The molecule has 0 saturated heterocycles. The van der Waals surface area contributed by atoms with Crippen molar-refractivity contribution in [2.24, 2.45) is 0 Å². The fraction of sp³-hybridized carbons (Fsp3) is 0. The molecule has 16 heavy (non-hydrogen) atoms. The van der Waals surface area contributed by atoms with Crippen LogP contribution in [0.25, 0.3) is 0 Å². The SMILES string of the molecule is Oc1ccc(Sc2ccc(Cl)cc2)c(Br)c1. The van der Waals surface area contributed by atoms with Gasteiger partial charge in [0.25, 0.3) is 0 Å². The maximum absolute atomic E-state index is 9.28. The molecule has 82 valence electrons. The van der Waals surface area contributed by atoms with E-state index in [-0.39, 0.29) is 5.75 Å². The molecule has 0 aromatic heterocycles. The Bertz CT molecular complexity index is 499. The molecule has 1 N–H and O–H groups in total. The highest BCUT2D eigenvalue weighted by molar-refractivity contribution is 9.10. The first-order valence-electron chi connectivity index (χ1n) is 4.57. The van der Waals surface area contributed by atoms with Gasteiger partial charge in [0.2, 0.25) is 0 Å². The van der Waals surface area contributed by atoms with Crippen LogP contribution in [0, 0.1) is 0 Å². The van der Waals surface area contributed by atoms with E-state index in [1.807, 2.05) is 30.3 Å². The third-order valence-electron chi connectivity index (χ3n) is 1.96. The van der Waals surface area contributed by atoms with Gasteiger partial charge >= 0.3 is 0 Å². The topological polar surface area (TPSA) is 20.2 Å². The molecule has 4 heteroatoms. The van der Waals surface area contributed by atoms with Gasteiger partial charge < -0.3 is 5.11 Å². The second-order valence-electron chi connectivity index (χ2n) is 3.17. The fourth-order valence-corrected chi connectivity index (χ4v) is 2.76. The maximum Gasteiger partial charge on any atom is 0.116 e. The predicted molar refractivity (Wildman–Crippen MR) is 71.4 cm³/mol. The van der Waals surface area contributed by atoms with Gasteiger partial charge in [0, 0.05) is 19.3 Å². The van der Waals surface area contributed by atoms with Crippen molar-refractivity contribution in [1.82, 2.24) is 0 Å². The van der Waals surface area contributed by atoms with E-state index < -0.39 is 0 Å². The molecule has 0 bridgehead atoms. The average molecular weight is 316 g/mol. The summed E-state index contributed by atoms with van der Waals surface area (Å²) in [6, 6.07) is 12.9. The van der Waals surface area contributed by atoms with Crippen LogP contribution in [0.4, 0.5) is 0 Å². The van der Waals surface area contributed by atoms with E-state index in [4.69, 9.17) is 11.6 Å². The van der Waals surface area contributed by atoms with Gasteiger partial charge in [-0.05, 0) is 58.4 Å². The highest BCUT2D eigenvalue weighted by Crippen LogP contribution is 2.35. The first-order chi connectivity index (χ1) is 7.65. The van der Waals surface area contributed by atoms with Crippen molar-refractivity contribution in [3.8, 4) is 5.75 Å². The molecular weight excluding hydrogens is 308 g/mol. The zero-order valence-electron chi connectivity index (χ0n) is 8.15. The molecule has 0 amide bonds. The zero-order chi connectivity index (χ0) is 11.5. The number of phenols is 1. The van der Waals surface area contributed by atoms with E-state index >= 15 is 0 Å². The Morgan fingerprint density at radius 1 is 1.06 bits per heavy atom. The lowest BCUT2D eigenvalue weighted by Gasteiger charge is -2.04. The van der Waals surface area contributed by atoms with Crippen molar-refractivity contribution < 1.29 is 5.11 Å². The summed E-state index contributed by atoms with van der Waals surface area (Å²) in [6.07, 6.45) is 0. The Labute approximate surface area is 112 Å². The Morgan fingerprint density at radius 3 is 2.38 bits per heavy atom. The molecule has 0 saturated carbocycles. The van der Waals surface area contributed by atoms with Crippen molar-refractivity contribution in [2.45, 2.75) is 9.79 Å². The van der Waals surface area contributed by atoms with Crippen molar-refractivity contribution in [1.29, 1.82) is 0 Å². The first-order valence-corrected chi connectivity index (χ1v) is 6.56. The van der Waals surface area contributed by atoms with Gasteiger partial charge in [0.1, 0.15) is 5.75 Å². The summed E-state index contributed by atoms with van der Waals surface area (Å²) in [6.45, 7) is 0. The first kappa shape index (κ1) is 11.8. The predicted octanol–water partition coefficient (Wildman–Crippen LogP) is 4.96. The van der Waals surface area contributed by atoms with Gasteiger partial charge in [-0.25, -0.2) is 0 Å². The van der Waals surface area contributed by atoms with Crippen LogP contribution in [0.5, 0.6) is 5.75 Å². The molecule has 0 fully saturated rings. The second kappa shape index (κ2) is 5.13. The van der Waals surface area contributed by atoms with Crippen molar-refractivity contribution >= 4 is 39.3 Å². The lowest BCUT2D eigenvalue weighted by molar-refractivity contribution is 0.474. The van der Waals surface area contributed by atoms with E-state index in [9.17, 15) is 5.11 Å². The number of rotatable bonds is 2. The third-order valence-corrected chi connectivity index (χ3v) is 4.21. The van der Waals surface area contributed by atoms with Crippen LogP contribution >= 0.6 is 39.3 Å². The Hall–Kier alpha value is -0.640. The molecule has 0 aliphatic rings. The van der Waals surface area contributed by atoms with Gasteiger partial charge in [-0.2, -0.15) is 0 Å². The number of hydrogen-bond acceptors (Lipinski definition) is 2. The van der Waals surface area contributed by atoms with Gasteiger partial charge in [-0.1, -0.05) is 23.4 Å². The molecule has 0 radical (unpaired) electrons. The smallest absolute Gasteiger partial charge is 0.116 e. The summed E-state index contributed by atoms with van der Waals surface area (Å²) in [5, 5.41) is 10.0. The molecule has 0 aliphatic heterocycles. The number of hydrogen-bond donors (Lipinski definition) is 1.